The van der Waals surface area contributed by atoms with Crippen LogP contribution in [0.1, 0.15) is 37.9 Å². The maximum Gasteiger partial charge on any atom is 0.338 e. The normalized spacial score (nSPS) is 18.5. The molecule has 3 aromatic rings. The van der Waals surface area contributed by atoms with Gasteiger partial charge in [-0.2, -0.15) is 0 Å². The van der Waals surface area contributed by atoms with E-state index in [0.29, 0.717) is 32.7 Å². The first-order valence-electron chi connectivity index (χ1n) is 11.2. The molecule has 34 heavy (non-hydrogen) atoms. The number of aromatic nitrogens is 1. The van der Waals surface area contributed by atoms with Crippen LogP contribution >= 0.6 is 11.3 Å². The Balaban J connectivity index is 1.83. The summed E-state index contributed by atoms with van der Waals surface area (Å²) in [6, 6.07) is 16.1. The van der Waals surface area contributed by atoms with Crippen molar-refractivity contribution in [3.05, 3.63) is 96.7 Å². The number of amides is 1. The predicted octanol–water partition coefficient (Wildman–Crippen LogP) is 2.54. The summed E-state index contributed by atoms with van der Waals surface area (Å²) in [5, 5.41) is 0. The van der Waals surface area contributed by atoms with Crippen molar-refractivity contribution in [3.8, 4) is 0 Å². The molecular formula is C26H23N3O4S. The number of benzene rings is 2. The maximum absolute atomic E-state index is 13.9. The predicted molar refractivity (Wildman–Crippen MR) is 130 cm³/mol. The molecule has 0 saturated heterocycles. The van der Waals surface area contributed by atoms with Gasteiger partial charge in [0, 0.05) is 12.1 Å². The van der Waals surface area contributed by atoms with E-state index < -0.39 is 12.0 Å². The molecule has 0 radical (unpaired) electrons. The zero-order chi connectivity index (χ0) is 24.0. The van der Waals surface area contributed by atoms with Gasteiger partial charge in [0.15, 0.2) is 4.80 Å². The van der Waals surface area contributed by atoms with Crippen molar-refractivity contribution < 1.29 is 14.3 Å². The second kappa shape index (κ2) is 8.53. The first-order chi connectivity index (χ1) is 16.5. The van der Waals surface area contributed by atoms with Crippen LogP contribution in [0.5, 0.6) is 0 Å². The molecule has 0 bridgehead atoms. The number of carbonyl (C=O) groups excluding carboxylic acids is 2. The molecule has 0 fully saturated rings. The number of nitrogens with zero attached hydrogens (tertiary/aromatic N) is 3. The molecule has 1 atom stereocenters. The Bertz CT molecular complexity index is 1530. The highest BCUT2D eigenvalue weighted by Crippen LogP contribution is 2.35. The number of hydrogen-bond acceptors (Lipinski definition) is 6. The van der Waals surface area contributed by atoms with Gasteiger partial charge in [-0.25, -0.2) is 9.79 Å². The van der Waals surface area contributed by atoms with E-state index in [1.54, 1.807) is 18.7 Å². The van der Waals surface area contributed by atoms with Gasteiger partial charge in [-0.3, -0.25) is 14.2 Å². The van der Waals surface area contributed by atoms with E-state index in [1.807, 2.05) is 61.5 Å². The number of rotatable bonds is 4. The number of anilines is 1. The average Bonchev–Trinajstić information content (AvgIpc) is 3.30. The number of thiazole rings is 1. The fraction of sp³-hybridized carbons (Fsp3) is 0.231. The fourth-order valence-electron chi connectivity index (χ4n) is 4.61. The van der Waals surface area contributed by atoms with Gasteiger partial charge >= 0.3 is 5.97 Å². The highest BCUT2D eigenvalue weighted by Gasteiger charge is 2.36. The summed E-state index contributed by atoms with van der Waals surface area (Å²) < 4.78 is 7.17. The lowest BCUT2D eigenvalue weighted by Crippen LogP contribution is -2.41. The monoisotopic (exact) mass is 473 g/mol. The second-order valence-corrected chi connectivity index (χ2v) is 8.95. The van der Waals surface area contributed by atoms with Crippen LogP contribution in [0, 0.1) is 0 Å². The van der Waals surface area contributed by atoms with Crippen molar-refractivity contribution in [3.63, 3.8) is 0 Å². The number of esters is 1. The molecule has 1 aromatic heterocycles. The molecule has 172 valence electrons. The quantitative estimate of drug-likeness (QED) is 0.546. The Morgan fingerprint density at radius 1 is 1.06 bits per heavy atom. The molecule has 0 spiro atoms. The lowest BCUT2D eigenvalue weighted by Gasteiger charge is -2.24. The molecule has 7 nitrogen and oxygen atoms in total. The van der Waals surface area contributed by atoms with Crippen molar-refractivity contribution >= 4 is 34.5 Å². The van der Waals surface area contributed by atoms with E-state index in [2.05, 4.69) is 4.99 Å². The topological polar surface area (TPSA) is 81.0 Å². The summed E-state index contributed by atoms with van der Waals surface area (Å²) in [7, 11) is 0. The van der Waals surface area contributed by atoms with Gasteiger partial charge in [0.05, 0.1) is 35.2 Å². The van der Waals surface area contributed by atoms with E-state index in [-0.39, 0.29) is 18.1 Å². The Morgan fingerprint density at radius 2 is 1.76 bits per heavy atom. The summed E-state index contributed by atoms with van der Waals surface area (Å²) in [6.07, 6.45) is 0. The maximum atomic E-state index is 13.9. The van der Waals surface area contributed by atoms with Crippen LogP contribution in [0.15, 0.2) is 75.7 Å². The Hall–Kier alpha value is -3.78. The summed E-state index contributed by atoms with van der Waals surface area (Å²) >= 11 is 1.18. The largest absolute Gasteiger partial charge is 0.463 e. The van der Waals surface area contributed by atoms with Gasteiger partial charge in [-0.1, -0.05) is 59.9 Å². The van der Waals surface area contributed by atoms with Crippen molar-refractivity contribution in [2.24, 2.45) is 4.99 Å². The zero-order valence-electron chi connectivity index (χ0n) is 19.1. The Labute approximate surface area is 199 Å². The minimum absolute atomic E-state index is 0.202. The highest BCUT2D eigenvalue weighted by molar-refractivity contribution is 7.07. The van der Waals surface area contributed by atoms with E-state index in [4.69, 9.17) is 4.74 Å². The number of carbonyl (C=O) groups is 2. The van der Waals surface area contributed by atoms with Crippen molar-refractivity contribution in [2.45, 2.75) is 26.8 Å². The minimum atomic E-state index is -0.695. The summed E-state index contributed by atoms with van der Waals surface area (Å²) in [4.78, 5) is 47.0. The molecular weight excluding hydrogens is 450 g/mol. The van der Waals surface area contributed by atoms with Crippen LogP contribution < -0.4 is 19.8 Å². The first kappa shape index (κ1) is 22.0. The minimum Gasteiger partial charge on any atom is -0.463 e. The summed E-state index contributed by atoms with van der Waals surface area (Å²) in [5.41, 5.74) is 3.15. The number of likely N-dealkylation sites (N-methyl/N-ethyl adjacent to an activating group) is 1. The van der Waals surface area contributed by atoms with Crippen LogP contribution in [0.4, 0.5) is 5.69 Å². The molecule has 2 aromatic carbocycles. The van der Waals surface area contributed by atoms with Crippen LogP contribution in [0.3, 0.4) is 0 Å². The molecule has 0 saturated carbocycles. The van der Waals surface area contributed by atoms with Gasteiger partial charge in [-0.15, -0.1) is 0 Å². The average molecular weight is 474 g/mol. The highest BCUT2D eigenvalue weighted by atomic mass is 32.1. The molecule has 1 amide bonds. The van der Waals surface area contributed by atoms with Crippen molar-refractivity contribution in [1.82, 2.24) is 4.57 Å². The van der Waals surface area contributed by atoms with Gasteiger partial charge in [0.1, 0.15) is 4.53 Å². The van der Waals surface area contributed by atoms with E-state index in [0.717, 1.165) is 16.8 Å². The van der Waals surface area contributed by atoms with Crippen LogP contribution in [-0.4, -0.2) is 29.6 Å². The Morgan fingerprint density at radius 3 is 2.47 bits per heavy atom. The molecule has 5 rings (SSSR count). The third-order valence-electron chi connectivity index (χ3n) is 6.07. The molecule has 1 unspecified atom stereocenters. The SMILES string of the molecule is CCOC(=O)C1=C(C)N=c2s/c(=C3/C(=O)N(CC)c4ccccc43)c(=O)n2C1c1ccccc1. The lowest BCUT2D eigenvalue weighted by molar-refractivity contribution is -0.139. The zero-order valence-corrected chi connectivity index (χ0v) is 19.9. The third kappa shape index (κ3) is 3.25. The van der Waals surface area contributed by atoms with Gasteiger partial charge < -0.3 is 9.64 Å². The smallest absolute Gasteiger partial charge is 0.338 e. The standard InChI is InChI=1S/C26H23N3O4S/c1-4-28-18-14-10-9-13-17(18)20(23(28)30)22-24(31)29-21(16-11-7-6-8-12-16)19(25(32)33-5-2)15(3)27-26(29)34-22/h6-14,21H,4-5H2,1-3H3/b22-20+. The third-order valence-corrected chi connectivity index (χ3v) is 7.13. The van der Waals surface area contributed by atoms with Gasteiger partial charge in [0.2, 0.25) is 0 Å². The summed E-state index contributed by atoms with van der Waals surface area (Å²) in [6.45, 7) is 6.10. The number of fused-ring (bicyclic) bond motifs is 2. The first-order valence-corrected chi connectivity index (χ1v) is 12.0. The van der Waals surface area contributed by atoms with E-state index in [9.17, 15) is 14.4 Å². The molecule has 0 N–H and O–H groups in total. The van der Waals surface area contributed by atoms with E-state index in [1.165, 1.54) is 15.9 Å². The molecule has 8 heteroatoms. The van der Waals surface area contributed by atoms with Crippen LogP contribution in [-0.2, 0) is 14.3 Å². The molecule has 2 aliphatic heterocycles. The Kier molecular flexibility index (Phi) is 5.53. The van der Waals surface area contributed by atoms with E-state index >= 15 is 0 Å². The van der Waals surface area contributed by atoms with Crippen molar-refractivity contribution in [1.29, 1.82) is 0 Å². The molecule has 2 aliphatic rings. The van der Waals surface area contributed by atoms with Crippen molar-refractivity contribution in [2.75, 3.05) is 18.1 Å². The second-order valence-electron chi connectivity index (χ2n) is 7.98. The lowest BCUT2D eigenvalue weighted by atomic mass is 9.96. The number of hydrogen-bond donors (Lipinski definition) is 0. The molecule has 0 aliphatic carbocycles. The molecule has 3 heterocycles. The van der Waals surface area contributed by atoms with Gasteiger partial charge in [0.25, 0.3) is 11.5 Å². The number of allylic oxidation sites excluding steroid dienone is 1. The number of para-hydroxylation sites is 1. The van der Waals surface area contributed by atoms with Crippen LogP contribution in [0.25, 0.3) is 5.57 Å². The number of ether oxygens (including phenoxy) is 1. The fourth-order valence-corrected chi connectivity index (χ4v) is 5.74. The van der Waals surface area contributed by atoms with Gasteiger partial charge in [-0.05, 0) is 32.4 Å². The van der Waals surface area contributed by atoms with Crippen LogP contribution in [0.2, 0.25) is 0 Å². The summed E-state index contributed by atoms with van der Waals surface area (Å²) in [5.74, 6) is -0.707.